The molecule has 23 heavy (non-hydrogen) atoms. The molecule has 118 valence electrons. The second-order valence-electron chi connectivity index (χ2n) is 4.70. The number of nitrogens with zero attached hydrogens (tertiary/aromatic N) is 2. The number of rotatable bonds is 4. The fourth-order valence-electron chi connectivity index (χ4n) is 1.99. The molecular formula is C16H14N2O5. The lowest BCUT2D eigenvalue weighted by atomic mass is 10.1. The second kappa shape index (κ2) is 6.69. The van der Waals surface area contributed by atoms with Gasteiger partial charge in [0.15, 0.2) is 0 Å². The van der Waals surface area contributed by atoms with Crippen LogP contribution in [0.25, 0.3) is 0 Å². The number of ether oxygens (including phenoxy) is 1. The topological polar surface area (TPSA) is 102 Å². The van der Waals surface area contributed by atoms with E-state index in [1.807, 2.05) is 0 Å². The molecule has 0 bridgehead atoms. The monoisotopic (exact) mass is 314 g/mol. The van der Waals surface area contributed by atoms with Gasteiger partial charge in [-0.15, -0.1) is 0 Å². The van der Waals surface area contributed by atoms with Crippen LogP contribution in [-0.4, -0.2) is 29.3 Å². The normalized spacial score (nSPS) is 10.7. The van der Waals surface area contributed by atoms with Gasteiger partial charge in [0.2, 0.25) is 0 Å². The molecule has 0 fully saturated rings. The van der Waals surface area contributed by atoms with Crippen LogP contribution in [0.5, 0.6) is 5.75 Å². The van der Waals surface area contributed by atoms with Crippen LogP contribution in [0, 0.1) is 17.0 Å². The molecule has 2 aromatic carbocycles. The summed E-state index contributed by atoms with van der Waals surface area (Å²) in [6, 6.07) is 8.61. The number of carbonyl (C=O) groups excluding carboxylic acids is 1. The zero-order valence-corrected chi connectivity index (χ0v) is 12.5. The summed E-state index contributed by atoms with van der Waals surface area (Å²) in [6.07, 6.45) is 1.31. The predicted molar refractivity (Wildman–Crippen MR) is 84.5 cm³/mol. The molecule has 0 heterocycles. The Labute approximate surface area is 132 Å². The lowest BCUT2D eigenvalue weighted by Crippen LogP contribution is -2.03. The molecule has 0 aliphatic heterocycles. The van der Waals surface area contributed by atoms with Gasteiger partial charge in [0.25, 0.3) is 5.69 Å². The molecule has 7 heteroatoms. The predicted octanol–water partition coefficient (Wildman–Crippen LogP) is 3.15. The maximum Gasteiger partial charge on any atom is 0.338 e. The lowest BCUT2D eigenvalue weighted by Gasteiger charge is -2.06. The third-order valence-corrected chi connectivity index (χ3v) is 3.28. The van der Waals surface area contributed by atoms with Crippen LogP contribution in [0.4, 0.5) is 11.4 Å². The first-order valence-electron chi connectivity index (χ1n) is 6.63. The molecule has 0 amide bonds. The third-order valence-electron chi connectivity index (χ3n) is 3.28. The van der Waals surface area contributed by atoms with E-state index in [4.69, 9.17) is 4.74 Å². The SMILES string of the molecule is COC(=O)c1cccc(N=Cc2cc([N+](=O)[O-])ccc2O)c1C. The van der Waals surface area contributed by atoms with E-state index in [0.29, 0.717) is 16.8 Å². The number of carbonyl (C=O) groups is 1. The molecule has 2 rings (SSSR count). The maximum atomic E-state index is 11.6. The molecule has 0 aromatic heterocycles. The summed E-state index contributed by atoms with van der Waals surface area (Å²) < 4.78 is 4.69. The number of non-ortho nitro benzene ring substituents is 1. The van der Waals surface area contributed by atoms with Crippen molar-refractivity contribution in [1.82, 2.24) is 0 Å². The van der Waals surface area contributed by atoms with Crippen molar-refractivity contribution in [3.63, 3.8) is 0 Å². The summed E-state index contributed by atoms with van der Waals surface area (Å²) in [7, 11) is 1.29. The maximum absolute atomic E-state index is 11.6. The largest absolute Gasteiger partial charge is 0.507 e. The highest BCUT2D eigenvalue weighted by atomic mass is 16.6. The van der Waals surface area contributed by atoms with Crippen LogP contribution in [0.1, 0.15) is 21.5 Å². The van der Waals surface area contributed by atoms with Crippen molar-refractivity contribution in [2.24, 2.45) is 4.99 Å². The molecule has 0 spiro atoms. The number of methoxy groups -OCH3 is 1. The van der Waals surface area contributed by atoms with E-state index in [1.54, 1.807) is 25.1 Å². The minimum atomic E-state index is -0.556. The number of nitro benzene ring substituents is 1. The number of phenols is 1. The molecule has 0 aliphatic carbocycles. The quantitative estimate of drug-likeness (QED) is 0.404. The van der Waals surface area contributed by atoms with E-state index in [1.165, 1.54) is 31.5 Å². The lowest BCUT2D eigenvalue weighted by molar-refractivity contribution is -0.384. The van der Waals surface area contributed by atoms with Gasteiger partial charge in [-0.05, 0) is 30.7 Å². The number of aromatic hydroxyl groups is 1. The zero-order chi connectivity index (χ0) is 17.0. The van der Waals surface area contributed by atoms with E-state index >= 15 is 0 Å². The average Bonchev–Trinajstić information content (AvgIpc) is 2.54. The number of phenolic OH excluding ortho intramolecular Hbond substituents is 1. The Morgan fingerprint density at radius 3 is 2.74 bits per heavy atom. The average molecular weight is 314 g/mol. The molecule has 1 N–H and O–H groups in total. The number of hydrogen-bond donors (Lipinski definition) is 1. The Morgan fingerprint density at radius 1 is 1.35 bits per heavy atom. The number of esters is 1. The van der Waals surface area contributed by atoms with Crippen LogP contribution in [0.3, 0.4) is 0 Å². The smallest absolute Gasteiger partial charge is 0.338 e. The molecule has 0 atom stereocenters. The van der Waals surface area contributed by atoms with Gasteiger partial charge in [0.1, 0.15) is 5.75 Å². The van der Waals surface area contributed by atoms with Crippen LogP contribution in [-0.2, 0) is 4.74 Å². The fraction of sp³-hybridized carbons (Fsp3) is 0.125. The van der Waals surface area contributed by atoms with E-state index < -0.39 is 10.9 Å². The van der Waals surface area contributed by atoms with Crippen LogP contribution < -0.4 is 0 Å². The van der Waals surface area contributed by atoms with Gasteiger partial charge in [-0.2, -0.15) is 0 Å². The highest BCUT2D eigenvalue weighted by molar-refractivity contribution is 5.93. The summed E-state index contributed by atoms with van der Waals surface area (Å²) in [6.45, 7) is 1.71. The highest BCUT2D eigenvalue weighted by Crippen LogP contribution is 2.25. The van der Waals surface area contributed by atoms with Crippen LogP contribution in [0.15, 0.2) is 41.4 Å². The summed E-state index contributed by atoms with van der Waals surface area (Å²) in [4.78, 5) is 26.1. The molecule has 7 nitrogen and oxygen atoms in total. The number of benzene rings is 2. The van der Waals surface area contributed by atoms with Gasteiger partial charge < -0.3 is 9.84 Å². The minimum absolute atomic E-state index is 0.124. The molecule has 2 aromatic rings. The number of aliphatic imine (C=N–C) groups is 1. The Bertz CT molecular complexity index is 799. The number of nitro groups is 1. The van der Waals surface area contributed by atoms with E-state index in [-0.39, 0.29) is 17.0 Å². The van der Waals surface area contributed by atoms with Gasteiger partial charge >= 0.3 is 5.97 Å². The first kappa shape index (κ1) is 16.2. The van der Waals surface area contributed by atoms with Crippen LogP contribution in [0.2, 0.25) is 0 Å². The first-order valence-corrected chi connectivity index (χ1v) is 6.63. The second-order valence-corrected chi connectivity index (χ2v) is 4.70. The van der Waals surface area contributed by atoms with Crippen molar-refractivity contribution in [3.05, 3.63) is 63.2 Å². The van der Waals surface area contributed by atoms with Crippen molar-refractivity contribution in [2.45, 2.75) is 6.92 Å². The van der Waals surface area contributed by atoms with Gasteiger partial charge in [-0.25, -0.2) is 4.79 Å². The van der Waals surface area contributed by atoms with E-state index in [0.717, 1.165) is 0 Å². The van der Waals surface area contributed by atoms with Crippen molar-refractivity contribution in [2.75, 3.05) is 7.11 Å². The van der Waals surface area contributed by atoms with E-state index in [2.05, 4.69) is 4.99 Å². The molecular weight excluding hydrogens is 300 g/mol. The van der Waals surface area contributed by atoms with Gasteiger partial charge in [-0.3, -0.25) is 15.1 Å². The van der Waals surface area contributed by atoms with Crippen molar-refractivity contribution in [3.8, 4) is 5.75 Å². The molecule has 0 aliphatic rings. The molecule has 0 unspecified atom stereocenters. The van der Waals surface area contributed by atoms with Crippen molar-refractivity contribution >= 4 is 23.6 Å². The summed E-state index contributed by atoms with van der Waals surface area (Å²) in [5, 5.41) is 20.5. The Morgan fingerprint density at radius 2 is 2.09 bits per heavy atom. The highest BCUT2D eigenvalue weighted by Gasteiger charge is 2.12. The standard InChI is InChI=1S/C16H14N2O5/c1-10-13(16(20)23-2)4-3-5-14(10)17-9-11-8-12(18(21)22)6-7-15(11)19/h3-9,19H,1-2H3. The van der Waals surface area contributed by atoms with E-state index in [9.17, 15) is 20.0 Å². The summed E-state index contributed by atoms with van der Waals surface area (Å²) >= 11 is 0. The fourth-order valence-corrected chi connectivity index (χ4v) is 1.99. The van der Waals surface area contributed by atoms with Gasteiger partial charge in [0, 0.05) is 23.9 Å². The van der Waals surface area contributed by atoms with Gasteiger partial charge in [-0.1, -0.05) is 6.07 Å². The third kappa shape index (κ3) is 3.52. The Hall–Kier alpha value is -3.22. The Kier molecular flexibility index (Phi) is 4.70. The van der Waals surface area contributed by atoms with Gasteiger partial charge in [0.05, 0.1) is 23.3 Å². The molecule has 0 saturated carbocycles. The van der Waals surface area contributed by atoms with Crippen molar-refractivity contribution in [1.29, 1.82) is 0 Å². The Balaban J connectivity index is 2.40. The summed E-state index contributed by atoms with van der Waals surface area (Å²) in [5.41, 5.74) is 1.55. The zero-order valence-electron chi connectivity index (χ0n) is 12.5. The molecule has 0 radical (unpaired) electrons. The first-order chi connectivity index (χ1) is 10.9. The molecule has 0 saturated heterocycles. The van der Waals surface area contributed by atoms with Crippen molar-refractivity contribution < 1.29 is 19.6 Å². The summed E-state index contributed by atoms with van der Waals surface area (Å²) in [5.74, 6) is -0.598. The minimum Gasteiger partial charge on any atom is -0.507 e. The number of hydrogen-bond acceptors (Lipinski definition) is 6. The van der Waals surface area contributed by atoms with Crippen LogP contribution >= 0.6 is 0 Å².